The van der Waals surface area contributed by atoms with E-state index in [-0.39, 0.29) is 34.2 Å². The zero-order valence-corrected chi connectivity index (χ0v) is 15.6. The van der Waals surface area contributed by atoms with Crippen LogP contribution in [0.2, 0.25) is 0 Å². The Morgan fingerprint density at radius 1 is 1.25 bits per heavy atom. The van der Waals surface area contributed by atoms with Gasteiger partial charge in [-0.3, -0.25) is 24.6 Å². The number of carbonyl (C=O) groups excluding carboxylic acids is 2. The number of phenols is 1. The first-order valence-electron chi connectivity index (χ1n) is 8.25. The topological polar surface area (TPSA) is 110 Å². The maximum absolute atomic E-state index is 12.6. The Morgan fingerprint density at radius 2 is 1.96 bits per heavy atom. The van der Waals surface area contributed by atoms with E-state index < -0.39 is 16.1 Å². The van der Waals surface area contributed by atoms with E-state index in [4.69, 9.17) is 4.74 Å². The van der Waals surface area contributed by atoms with E-state index in [2.05, 4.69) is 0 Å². The number of phenolic OH excluding ortho intramolecular Hbond substituents is 1. The van der Waals surface area contributed by atoms with Crippen LogP contribution in [-0.4, -0.2) is 39.7 Å². The van der Waals surface area contributed by atoms with Gasteiger partial charge < -0.3 is 9.84 Å². The van der Waals surface area contributed by atoms with Crippen LogP contribution in [0.1, 0.15) is 11.1 Å². The molecule has 0 spiro atoms. The third-order valence-corrected chi connectivity index (χ3v) is 5.05. The molecule has 2 amide bonds. The van der Waals surface area contributed by atoms with Crippen molar-refractivity contribution >= 4 is 34.7 Å². The van der Waals surface area contributed by atoms with Crippen molar-refractivity contribution in [3.8, 4) is 11.5 Å². The summed E-state index contributed by atoms with van der Waals surface area (Å²) in [6.45, 7) is 0.219. The maximum Gasteiger partial charge on any atom is 0.293 e. The molecule has 0 aromatic heterocycles. The predicted molar refractivity (Wildman–Crippen MR) is 104 cm³/mol. The molecule has 8 nitrogen and oxygen atoms in total. The first-order valence-corrected chi connectivity index (χ1v) is 9.07. The lowest BCUT2D eigenvalue weighted by atomic mass is 10.1. The number of amides is 2. The minimum Gasteiger partial charge on any atom is -0.504 e. The first kappa shape index (κ1) is 19.4. The number of benzene rings is 2. The number of hydrogen-bond acceptors (Lipinski definition) is 7. The molecule has 1 aliphatic heterocycles. The number of thioether (sulfide) groups is 1. The summed E-state index contributed by atoms with van der Waals surface area (Å²) >= 11 is 0.725. The lowest BCUT2D eigenvalue weighted by Gasteiger charge is -2.12. The zero-order valence-electron chi connectivity index (χ0n) is 14.8. The molecule has 3 rings (SSSR count). The van der Waals surface area contributed by atoms with E-state index in [0.717, 1.165) is 34.4 Å². The SMILES string of the molecule is COc1cc([N+](=O)[O-])cc(/C=C2\SC(=O)N(CCc3ccccc3)C2=O)c1O. The van der Waals surface area contributed by atoms with Gasteiger partial charge in [0.1, 0.15) is 0 Å². The monoisotopic (exact) mass is 400 g/mol. The smallest absolute Gasteiger partial charge is 0.293 e. The van der Waals surface area contributed by atoms with Gasteiger partial charge in [-0.25, -0.2) is 0 Å². The Balaban J connectivity index is 1.85. The van der Waals surface area contributed by atoms with Crippen LogP contribution >= 0.6 is 11.8 Å². The molecule has 9 heteroatoms. The molecule has 1 heterocycles. The van der Waals surface area contributed by atoms with Crippen molar-refractivity contribution in [3.05, 3.63) is 68.6 Å². The molecular formula is C19H16N2O6S. The van der Waals surface area contributed by atoms with Crippen molar-refractivity contribution in [2.45, 2.75) is 6.42 Å². The quantitative estimate of drug-likeness (QED) is 0.448. The van der Waals surface area contributed by atoms with E-state index in [1.165, 1.54) is 13.2 Å². The van der Waals surface area contributed by atoms with Crippen molar-refractivity contribution in [1.82, 2.24) is 4.90 Å². The van der Waals surface area contributed by atoms with Gasteiger partial charge in [-0.15, -0.1) is 0 Å². The molecule has 0 atom stereocenters. The molecule has 0 radical (unpaired) electrons. The highest BCUT2D eigenvalue weighted by atomic mass is 32.2. The molecule has 1 N–H and O–H groups in total. The molecule has 1 aliphatic rings. The van der Waals surface area contributed by atoms with E-state index >= 15 is 0 Å². The van der Waals surface area contributed by atoms with Crippen LogP contribution in [0.25, 0.3) is 6.08 Å². The minimum atomic E-state index is -0.634. The van der Waals surface area contributed by atoms with Crippen LogP contribution in [0.5, 0.6) is 11.5 Å². The summed E-state index contributed by atoms with van der Waals surface area (Å²) in [5.74, 6) is -0.941. The number of nitrogens with zero attached hydrogens (tertiary/aromatic N) is 2. The Kier molecular flexibility index (Phi) is 5.65. The van der Waals surface area contributed by atoms with E-state index in [1.807, 2.05) is 30.3 Å². The van der Waals surface area contributed by atoms with Crippen molar-refractivity contribution in [2.24, 2.45) is 0 Å². The molecule has 2 aromatic carbocycles. The van der Waals surface area contributed by atoms with Gasteiger partial charge in [0, 0.05) is 18.2 Å². The highest BCUT2D eigenvalue weighted by Crippen LogP contribution is 2.39. The average molecular weight is 400 g/mol. The number of carbonyl (C=O) groups is 2. The molecule has 28 heavy (non-hydrogen) atoms. The second kappa shape index (κ2) is 8.13. The van der Waals surface area contributed by atoms with Gasteiger partial charge in [-0.05, 0) is 29.8 Å². The van der Waals surface area contributed by atoms with Gasteiger partial charge in [0.15, 0.2) is 11.5 Å². The number of aromatic hydroxyl groups is 1. The van der Waals surface area contributed by atoms with Crippen LogP contribution in [0.4, 0.5) is 10.5 Å². The van der Waals surface area contributed by atoms with Crippen molar-refractivity contribution in [3.63, 3.8) is 0 Å². The highest BCUT2D eigenvalue weighted by Gasteiger charge is 2.35. The molecule has 1 fully saturated rings. The Morgan fingerprint density at radius 3 is 2.61 bits per heavy atom. The van der Waals surface area contributed by atoms with Crippen LogP contribution in [0, 0.1) is 10.1 Å². The van der Waals surface area contributed by atoms with E-state index in [1.54, 1.807) is 0 Å². The standard InChI is InChI=1S/C19H16N2O6S/c1-27-15-11-14(21(25)26)9-13(17(15)22)10-16-18(23)20(19(24)28-16)8-7-12-5-3-2-4-6-12/h2-6,9-11,22H,7-8H2,1H3/b16-10-. The lowest BCUT2D eigenvalue weighted by Crippen LogP contribution is -2.30. The molecular weight excluding hydrogens is 384 g/mol. The zero-order chi connectivity index (χ0) is 20.3. The fraction of sp³-hybridized carbons (Fsp3) is 0.158. The van der Waals surface area contributed by atoms with Crippen LogP contribution < -0.4 is 4.74 Å². The van der Waals surface area contributed by atoms with Crippen LogP contribution in [0.3, 0.4) is 0 Å². The molecule has 1 saturated heterocycles. The summed E-state index contributed by atoms with van der Waals surface area (Å²) in [6, 6.07) is 11.6. The molecule has 2 aromatic rings. The first-order chi connectivity index (χ1) is 13.4. The number of imide groups is 1. The highest BCUT2D eigenvalue weighted by molar-refractivity contribution is 8.18. The van der Waals surface area contributed by atoms with Gasteiger partial charge in [-0.1, -0.05) is 30.3 Å². The summed E-state index contributed by atoms with van der Waals surface area (Å²) in [5.41, 5.74) is 0.718. The average Bonchev–Trinajstić information content (AvgIpc) is 2.95. The van der Waals surface area contributed by atoms with Gasteiger partial charge in [0.05, 0.1) is 23.0 Å². The largest absolute Gasteiger partial charge is 0.504 e. The van der Waals surface area contributed by atoms with Gasteiger partial charge in [0.25, 0.3) is 16.8 Å². The number of nitro benzene ring substituents is 1. The minimum absolute atomic E-state index is 0.0274. The van der Waals surface area contributed by atoms with E-state index in [0.29, 0.717) is 6.42 Å². The number of methoxy groups -OCH3 is 1. The Hall–Kier alpha value is -3.33. The lowest BCUT2D eigenvalue weighted by molar-refractivity contribution is -0.385. The summed E-state index contributed by atoms with van der Waals surface area (Å²) in [4.78, 5) is 36.5. The molecule has 0 bridgehead atoms. The number of rotatable bonds is 6. The fourth-order valence-corrected chi connectivity index (χ4v) is 3.56. The third-order valence-electron chi connectivity index (χ3n) is 4.15. The molecule has 144 valence electrons. The number of nitro groups is 1. The second-order valence-electron chi connectivity index (χ2n) is 5.91. The second-order valence-corrected chi connectivity index (χ2v) is 6.91. The fourth-order valence-electron chi connectivity index (χ4n) is 2.70. The van der Waals surface area contributed by atoms with Crippen LogP contribution in [-0.2, 0) is 11.2 Å². The van der Waals surface area contributed by atoms with Gasteiger partial charge >= 0.3 is 0 Å². The summed E-state index contributed by atoms with van der Waals surface area (Å²) in [7, 11) is 1.26. The van der Waals surface area contributed by atoms with Crippen molar-refractivity contribution < 1.29 is 24.4 Å². The maximum atomic E-state index is 12.6. The summed E-state index contributed by atoms with van der Waals surface area (Å²) < 4.78 is 4.94. The van der Waals surface area contributed by atoms with Crippen molar-refractivity contribution in [1.29, 1.82) is 0 Å². The Labute approximate surface area is 164 Å². The van der Waals surface area contributed by atoms with E-state index in [9.17, 15) is 24.8 Å². The number of non-ortho nitro benzene ring substituents is 1. The number of hydrogen-bond donors (Lipinski definition) is 1. The Bertz CT molecular complexity index is 974. The summed E-state index contributed by atoms with van der Waals surface area (Å²) in [5, 5.41) is 20.9. The molecule has 0 aliphatic carbocycles. The molecule has 0 unspecified atom stereocenters. The normalized spacial score (nSPS) is 15.3. The van der Waals surface area contributed by atoms with Gasteiger partial charge in [0.2, 0.25) is 0 Å². The predicted octanol–water partition coefficient (Wildman–Crippen LogP) is 3.59. The third kappa shape index (κ3) is 3.99. The van der Waals surface area contributed by atoms with Crippen LogP contribution in [0.15, 0.2) is 47.4 Å². The van der Waals surface area contributed by atoms with Gasteiger partial charge in [-0.2, -0.15) is 0 Å². The van der Waals surface area contributed by atoms with Crippen molar-refractivity contribution in [2.75, 3.05) is 13.7 Å². The number of ether oxygens (including phenoxy) is 1. The molecule has 0 saturated carbocycles. The summed E-state index contributed by atoms with van der Waals surface area (Å²) in [6.07, 6.45) is 1.78.